The predicted octanol–water partition coefficient (Wildman–Crippen LogP) is 5.48. The van der Waals surface area contributed by atoms with Gasteiger partial charge in [0.15, 0.2) is 0 Å². The lowest BCUT2D eigenvalue weighted by Crippen LogP contribution is -2.17. The van der Waals surface area contributed by atoms with Crippen molar-refractivity contribution in [1.82, 2.24) is 0 Å². The van der Waals surface area contributed by atoms with Gasteiger partial charge in [0.1, 0.15) is 10.6 Å². The minimum absolute atomic E-state index is 0.117. The SMILES string of the molecule is COc1ccc(NC(=O)Cc2ccc3ccccc3c2)cc1S(=O)(=O)Nc1ccccc1Cl. The summed E-state index contributed by atoms with van der Waals surface area (Å²) in [4.78, 5) is 12.5. The smallest absolute Gasteiger partial charge is 0.265 e. The van der Waals surface area contributed by atoms with E-state index >= 15 is 0 Å². The quantitative estimate of drug-likeness (QED) is 0.366. The Kier molecular flexibility index (Phi) is 6.53. The maximum absolute atomic E-state index is 13.0. The van der Waals surface area contributed by atoms with Crippen molar-refractivity contribution in [3.8, 4) is 5.75 Å². The standard InChI is InChI=1S/C25H21ClN2O4S/c1-32-23-13-12-20(16-24(23)33(30,31)28-22-9-5-4-8-21(22)26)27-25(29)15-17-10-11-18-6-2-3-7-19(18)14-17/h2-14,16,28H,15H2,1H3,(H,27,29). The lowest BCUT2D eigenvalue weighted by atomic mass is 10.0. The maximum atomic E-state index is 13.0. The van der Waals surface area contributed by atoms with Crippen LogP contribution in [0.25, 0.3) is 10.8 Å². The van der Waals surface area contributed by atoms with E-state index in [0.29, 0.717) is 5.69 Å². The Labute approximate surface area is 197 Å². The van der Waals surface area contributed by atoms with Crippen LogP contribution in [0.3, 0.4) is 0 Å². The summed E-state index contributed by atoms with van der Waals surface area (Å²) in [5.41, 5.74) is 1.43. The maximum Gasteiger partial charge on any atom is 0.265 e. The molecule has 0 fully saturated rings. The number of halogens is 1. The normalized spacial score (nSPS) is 11.2. The Balaban J connectivity index is 1.55. The summed E-state index contributed by atoms with van der Waals surface area (Å²) in [6.07, 6.45) is 0.150. The van der Waals surface area contributed by atoms with Crippen LogP contribution in [-0.2, 0) is 21.2 Å². The zero-order valence-electron chi connectivity index (χ0n) is 17.7. The lowest BCUT2D eigenvalue weighted by molar-refractivity contribution is -0.115. The fraction of sp³-hybridized carbons (Fsp3) is 0.0800. The van der Waals surface area contributed by atoms with Crippen molar-refractivity contribution >= 4 is 49.7 Å². The molecule has 4 aromatic rings. The Morgan fingerprint density at radius 2 is 1.64 bits per heavy atom. The van der Waals surface area contributed by atoms with Crippen LogP contribution in [0.5, 0.6) is 5.75 Å². The van der Waals surface area contributed by atoms with Crippen LogP contribution in [0.1, 0.15) is 5.56 Å². The highest BCUT2D eigenvalue weighted by molar-refractivity contribution is 7.92. The number of benzene rings is 4. The van der Waals surface area contributed by atoms with Gasteiger partial charge in [0.2, 0.25) is 5.91 Å². The number of carbonyl (C=O) groups excluding carboxylic acids is 1. The van der Waals surface area contributed by atoms with Crippen molar-refractivity contribution in [3.63, 3.8) is 0 Å². The summed E-state index contributed by atoms with van der Waals surface area (Å²) in [6.45, 7) is 0. The highest BCUT2D eigenvalue weighted by Crippen LogP contribution is 2.31. The van der Waals surface area contributed by atoms with Crippen molar-refractivity contribution in [2.45, 2.75) is 11.3 Å². The highest BCUT2D eigenvalue weighted by atomic mass is 35.5. The third-order valence-electron chi connectivity index (χ3n) is 5.03. The minimum Gasteiger partial charge on any atom is -0.495 e. The molecule has 33 heavy (non-hydrogen) atoms. The molecule has 0 unspecified atom stereocenters. The second-order valence-corrected chi connectivity index (χ2v) is 9.42. The van der Waals surface area contributed by atoms with E-state index in [0.717, 1.165) is 16.3 Å². The first kappa shape index (κ1) is 22.6. The molecule has 0 aromatic heterocycles. The van der Waals surface area contributed by atoms with Gasteiger partial charge in [-0.15, -0.1) is 0 Å². The topological polar surface area (TPSA) is 84.5 Å². The van der Waals surface area contributed by atoms with Gasteiger partial charge in [-0.25, -0.2) is 8.42 Å². The number of hydrogen-bond donors (Lipinski definition) is 2. The van der Waals surface area contributed by atoms with Crippen LogP contribution < -0.4 is 14.8 Å². The van der Waals surface area contributed by atoms with Crippen molar-refractivity contribution < 1.29 is 17.9 Å². The van der Waals surface area contributed by atoms with E-state index in [1.54, 1.807) is 30.3 Å². The second-order valence-electron chi connectivity index (χ2n) is 7.36. The first-order valence-electron chi connectivity index (χ1n) is 10.1. The molecule has 0 aliphatic heterocycles. The zero-order chi connectivity index (χ0) is 23.4. The zero-order valence-corrected chi connectivity index (χ0v) is 19.3. The highest BCUT2D eigenvalue weighted by Gasteiger charge is 2.22. The summed E-state index contributed by atoms with van der Waals surface area (Å²) in [6, 6.07) is 24.7. The Hall–Kier alpha value is -3.55. The molecule has 0 saturated carbocycles. The summed E-state index contributed by atoms with van der Waals surface area (Å²) >= 11 is 6.09. The van der Waals surface area contributed by atoms with E-state index in [9.17, 15) is 13.2 Å². The van der Waals surface area contributed by atoms with Crippen LogP contribution >= 0.6 is 11.6 Å². The Bertz CT molecular complexity index is 1440. The second kappa shape index (κ2) is 9.52. The van der Waals surface area contributed by atoms with Gasteiger partial charge in [0.05, 0.1) is 24.2 Å². The summed E-state index contributed by atoms with van der Waals surface area (Å²) in [7, 11) is -2.65. The number of carbonyl (C=O) groups is 1. The molecular formula is C25H21ClN2O4S. The average Bonchev–Trinajstić information content (AvgIpc) is 2.80. The molecule has 0 aliphatic rings. The number of anilines is 2. The molecule has 0 heterocycles. The van der Waals surface area contributed by atoms with Crippen molar-refractivity contribution in [3.05, 3.63) is 95.5 Å². The number of para-hydroxylation sites is 1. The van der Waals surface area contributed by atoms with E-state index in [-0.39, 0.29) is 33.7 Å². The van der Waals surface area contributed by atoms with Gasteiger partial charge in [0.25, 0.3) is 10.0 Å². The van der Waals surface area contributed by atoms with Crippen molar-refractivity contribution in [2.75, 3.05) is 17.1 Å². The predicted molar refractivity (Wildman–Crippen MR) is 132 cm³/mol. The fourth-order valence-electron chi connectivity index (χ4n) is 3.45. The van der Waals surface area contributed by atoms with Crippen LogP contribution in [0.15, 0.2) is 89.8 Å². The van der Waals surface area contributed by atoms with Gasteiger partial charge in [-0.3, -0.25) is 9.52 Å². The number of amides is 1. The molecule has 0 aliphatic carbocycles. The minimum atomic E-state index is -4.03. The number of hydrogen-bond acceptors (Lipinski definition) is 4. The van der Waals surface area contributed by atoms with Gasteiger partial charge in [0, 0.05) is 5.69 Å². The van der Waals surface area contributed by atoms with Crippen LogP contribution in [0.4, 0.5) is 11.4 Å². The van der Waals surface area contributed by atoms with Gasteiger partial charge >= 0.3 is 0 Å². The van der Waals surface area contributed by atoms with Gasteiger partial charge in [-0.2, -0.15) is 0 Å². The number of fused-ring (bicyclic) bond motifs is 1. The molecule has 8 heteroatoms. The molecule has 0 radical (unpaired) electrons. The van der Waals surface area contributed by atoms with Crippen LogP contribution in [0.2, 0.25) is 5.02 Å². The molecule has 6 nitrogen and oxygen atoms in total. The molecule has 4 rings (SSSR count). The third-order valence-corrected chi connectivity index (χ3v) is 6.75. The molecule has 2 N–H and O–H groups in total. The van der Waals surface area contributed by atoms with Crippen LogP contribution in [0, 0.1) is 0 Å². The molecule has 4 aromatic carbocycles. The average molecular weight is 481 g/mol. The van der Waals surface area contributed by atoms with E-state index in [4.69, 9.17) is 16.3 Å². The van der Waals surface area contributed by atoms with Crippen LogP contribution in [-0.4, -0.2) is 21.4 Å². The molecule has 0 saturated heterocycles. The first-order valence-corrected chi connectivity index (χ1v) is 11.9. The summed E-state index contributed by atoms with van der Waals surface area (Å²) < 4.78 is 33.7. The van der Waals surface area contributed by atoms with Gasteiger partial charge in [-0.1, -0.05) is 66.2 Å². The third kappa shape index (κ3) is 5.27. The molecular weight excluding hydrogens is 460 g/mol. The first-order chi connectivity index (χ1) is 15.9. The van der Waals surface area contributed by atoms with Crippen molar-refractivity contribution in [2.24, 2.45) is 0 Å². The number of ether oxygens (including phenoxy) is 1. The summed E-state index contributed by atoms with van der Waals surface area (Å²) in [5.74, 6) is -0.125. The monoisotopic (exact) mass is 480 g/mol. The lowest BCUT2D eigenvalue weighted by Gasteiger charge is -2.14. The largest absolute Gasteiger partial charge is 0.495 e. The summed E-state index contributed by atoms with van der Waals surface area (Å²) in [5, 5.41) is 5.17. The van der Waals surface area contributed by atoms with E-state index < -0.39 is 10.0 Å². The number of rotatable bonds is 7. The number of sulfonamides is 1. The van der Waals surface area contributed by atoms with E-state index in [1.807, 2.05) is 42.5 Å². The van der Waals surface area contributed by atoms with Gasteiger partial charge < -0.3 is 10.1 Å². The van der Waals surface area contributed by atoms with E-state index in [2.05, 4.69) is 10.0 Å². The number of nitrogens with one attached hydrogen (secondary N) is 2. The fourth-order valence-corrected chi connectivity index (χ4v) is 4.96. The number of methoxy groups -OCH3 is 1. The Morgan fingerprint density at radius 1 is 0.909 bits per heavy atom. The molecule has 0 atom stereocenters. The molecule has 0 bridgehead atoms. The Morgan fingerprint density at radius 3 is 2.39 bits per heavy atom. The van der Waals surface area contributed by atoms with Gasteiger partial charge in [-0.05, 0) is 46.7 Å². The molecule has 0 spiro atoms. The van der Waals surface area contributed by atoms with Crippen molar-refractivity contribution in [1.29, 1.82) is 0 Å². The molecule has 1 amide bonds. The van der Waals surface area contributed by atoms with E-state index in [1.165, 1.54) is 19.2 Å². The molecule has 168 valence electrons.